The maximum Gasteiger partial charge on any atom is 0.256 e. The van der Waals surface area contributed by atoms with Crippen LogP contribution in [0.25, 0.3) is 0 Å². The average Bonchev–Trinajstić information content (AvgIpc) is 2.70. The highest BCUT2D eigenvalue weighted by Gasteiger charge is 2.06. The molecule has 0 aliphatic heterocycles. The summed E-state index contributed by atoms with van der Waals surface area (Å²) in [6, 6.07) is 20.4. The Kier molecular flexibility index (Phi) is 5.77. The summed E-state index contributed by atoms with van der Waals surface area (Å²) in [4.78, 5) is 12.1. The van der Waals surface area contributed by atoms with E-state index < -0.39 is 0 Å². The topological polar surface area (TPSA) is 76.1 Å². The molecule has 0 fully saturated rings. The van der Waals surface area contributed by atoms with Crippen molar-refractivity contribution < 1.29 is 9.53 Å². The lowest BCUT2D eigenvalue weighted by Crippen LogP contribution is -2.14. The molecule has 2 N–H and O–H groups in total. The monoisotopic (exact) mass is 348 g/mol. The Labute approximate surface area is 152 Å². The van der Waals surface area contributed by atoms with Gasteiger partial charge in [-0.3, -0.25) is 4.79 Å². The number of hydrogen-bond donors (Lipinski definition) is 2. The van der Waals surface area contributed by atoms with Crippen molar-refractivity contribution in [3.8, 4) is 5.75 Å². The van der Waals surface area contributed by atoms with Gasteiger partial charge in [-0.1, -0.05) is 36.4 Å². The highest BCUT2D eigenvalue weighted by atomic mass is 16.5. The number of nitrogens with one attached hydrogen (secondary N) is 2. The SMILES string of the molecule is COc1ccccc1CCNc1ccc(NC(=O)c2ccccc2)nn1. The van der Waals surface area contributed by atoms with Crippen molar-refractivity contribution in [1.29, 1.82) is 0 Å². The molecule has 0 unspecified atom stereocenters. The quantitative estimate of drug-likeness (QED) is 0.684. The third-order valence-corrected chi connectivity index (χ3v) is 3.84. The molecule has 6 heteroatoms. The van der Waals surface area contributed by atoms with Crippen LogP contribution in [-0.4, -0.2) is 29.8 Å². The van der Waals surface area contributed by atoms with Crippen molar-refractivity contribution in [2.75, 3.05) is 24.3 Å². The number of carbonyl (C=O) groups excluding carboxylic acids is 1. The normalized spacial score (nSPS) is 10.2. The van der Waals surface area contributed by atoms with Gasteiger partial charge in [0.15, 0.2) is 5.82 Å². The number of benzene rings is 2. The lowest BCUT2D eigenvalue weighted by molar-refractivity contribution is 0.102. The van der Waals surface area contributed by atoms with E-state index in [1.54, 1.807) is 31.4 Å². The van der Waals surface area contributed by atoms with Crippen molar-refractivity contribution in [3.05, 3.63) is 77.9 Å². The van der Waals surface area contributed by atoms with Gasteiger partial charge in [0.1, 0.15) is 11.6 Å². The van der Waals surface area contributed by atoms with E-state index in [1.165, 1.54) is 0 Å². The van der Waals surface area contributed by atoms with Crippen LogP contribution in [0, 0.1) is 0 Å². The number of para-hydroxylation sites is 1. The second kappa shape index (κ2) is 8.62. The van der Waals surface area contributed by atoms with Crippen LogP contribution in [0.5, 0.6) is 5.75 Å². The van der Waals surface area contributed by atoms with Crippen molar-refractivity contribution >= 4 is 17.5 Å². The van der Waals surface area contributed by atoms with E-state index in [2.05, 4.69) is 20.8 Å². The zero-order chi connectivity index (χ0) is 18.2. The molecular formula is C20H20N4O2. The third kappa shape index (κ3) is 4.57. The second-order valence-electron chi connectivity index (χ2n) is 5.61. The average molecular weight is 348 g/mol. The van der Waals surface area contributed by atoms with Crippen LogP contribution in [-0.2, 0) is 6.42 Å². The Balaban J connectivity index is 1.52. The van der Waals surface area contributed by atoms with Crippen LogP contribution in [0.1, 0.15) is 15.9 Å². The zero-order valence-corrected chi connectivity index (χ0v) is 14.5. The van der Waals surface area contributed by atoms with Gasteiger partial charge < -0.3 is 15.4 Å². The Hall–Kier alpha value is -3.41. The van der Waals surface area contributed by atoms with Gasteiger partial charge in [0.25, 0.3) is 5.91 Å². The number of nitrogens with zero attached hydrogens (tertiary/aromatic N) is 2. The first-order chi connectivity index (χ1) is 12.8. The van der Waals surface area contributed by atoms with E-state index in [4.69, 9.17) is 4.74 Å². The summed E-state index contributed by atoms with van der Waals surface area (Å²) >= 11 is 0. The Morgan fingerprint density at radius 1 is 0.923 bits per heavy atom. The molecule has 1 amide bonds. The van der Waals surface area contributed by atoms with E-state index in [-0.39, 0.29) is 5.91 Å². The molecule has 0 saturated heterocycles. The predicted octanol–water partition coefficient (Wildman–Crippen LogP) is 3.39. The highest BCUT2D eigenvalue weighted by Crippen LogP contribution is 2.17. The number of aromatic nitrogens is 2. The fraction of sp³-hybridized carbons (Fsp3) is 0.150. The maximum absolute atomic E-state index is 12.1. The summed E-state index contributed by atoms with van der Waals surface area (Å²) in [5.41, 5.74) is 1.70. The van der Waals surface area contributed by atoms with E-state index >= 15 is 0 Å². The molecule has 1 heterocycles. The van der Waals surface area contributed by atoms with Crippen LogP contribution in [0.3, 0.4) is 0 Å². The van der Waals surface area contributed by atoms with Crippen molar-refractivity contribution in [1.82, 2.24) is 10.2 Å². The summed E-state index contributed by atoms with van der Waals surface area (Å²) in [5.74, 6) is 1.72. The van der Waals surface area contributed by atoms with E-state index in [9.17, 15) is 4.79 Å². The number of rotatable bonds is 7. The lowest BCUT2D eigenvalue weighted by atomic mass is 10.1. The molecule has 0 radical (unpaired) electrons. The molecule has 2 aromatic carbocycles. The first kappa shape index (κ1) is 17.4. The first-order valence-corrected chi connectivity index (χ1v) is 8.32. The zero-order valence-electron chi connectivity index (χ0n) is 14.5. The Morgan fingerprint density at radius 2 is 1.62 bits per heavy atom. The van der Waals surface area contributed by atoms with E-state index in [1.807, 2.05) is 42.5 Å². The van der Waals surface area contributed by atoms with E-state index in [0.717, 1.165) is 17.7 Å². The fourth-order valence-electron chi connectivity index (χ4n) is 2.51. The minimum atomic E-state index is -0.211. The molecular weight excluding hydrogens is 328 g/mol. The number of amides is 1. The smallest absolute Gasteiger partial charge is 0.256 e. The summed E-state index contributed by atoms with van der Waals surface area (Å²) in [5, 5.41) is 14.1. The molecule has 0 bridgehead atoms. The number of methoxy groups -OCH3 is 1. The van der Waals surface area contributed by atoms with Gasteiger partial charge in [0.05, 0.1) is 7.11 Å². The number of hydrogen-bond acceptors (Lipinski definition) is 5. The Morgan fingerprint density at radius 3 is 2.35 bits per heavy atom. The van der Waals surface area contributed by atoms with Gasteiger partial charge in [-0.25, -0.2) is 0 Å². The van der Waals surface area contributed by atoms with Gasteiger partial charge >= 0.3 is 0 Å². The lowest BCUT2D eigenvalue weighted by Gasteiger charge is -2.09. The second-order valence-corrected chi connectivity index (χ2v) is 5.61. The molecule has 132 valence electrons. The summed E-state index contributed by atoms with van der Waals surface area (Å²) < 4.78 is 5.34. The molecule has 0 atom stereocenters. The molecule has 0 spiro atoms. The number of anilines is 2. The minimum Gasteiger partial charge on any atom is -0.496 e. The summed E-state index contributed by atoms with van der Waals surface area (Å²) in [6.45, 7) is 0.699. The standard InChI is InChI=1S/C20H20N4O2/c1-26-17-10-6-5-7-15(17)13-14-21-18-11-12-19(24-23-18)22-20(25)16-8-3-2-4-9-16/h2-12H,13-14H2,1H3,(H,21,23)(H,22,24,25). The molecule has 0 saturated carbocycles. The van der Waals surface area contributed by atoms with Gasteiger partial charge in [0, 0.05) is 12.1 Å². The summed E-state index contributed by atoms with van der Waals surface area (Å²) in [6.07, 6.45) is 0.804. The molecule has 0 aliphatic rings. The first-order valence-electron chi connectivity index (χ1n) is 8.32. The fourth-order valence-corrected chi connectivity index (χ4v) is 2.51. The summed E-state index contributed by atoms with van der Waals surface area (Å²) in [7, 11) is 1.67. The molecule has 6 nitrogen and oxygen atoms in total. The Bertz CT molecular complexity index is 851. The van der Waals surface area contributed by atoms with Gasteiger partial charge in [-0.05, 0) is 42.3 Å². The van der Waals surface area contributed by atoms with Gasteiger partial charge in [-0.15, -0.1) is 10.2 Å². The van der Waals surface area contributed by atoms with Crippen LogP contribution in [0.4, 0.5) is 11.6 Å². The van der Waals surface area contributed by atoms with Crippen LogP contribution in [0.2, 0.25) is 0 Å². The molecule has 26 heavy (non-hydrogen) atoms. The number of ether oxygens (including phenoxy) is 1. The van der Waals surface area contributed by atoms with Gasteiger partial charge in [0.2, 0.25) is 0 Å². The number of carbonyl (C=O) groups is 1. The predicted molar refractivity (Wildman–Crippen MR) is 102 cm³/mol. The van der Waals surface area contributed by atoms with Crippen molar-refractivity contribution in [2.24, 2.45) is 0 Å². The highest BCUT2D eigenvalue weighted by molar-refractivity contribution is 6.03. The van der Waals surface area contributed by atoms with Crippen LogP contribution in [0.15, 0.2) is 66.7 Å². The molecule has 3 aromatic rings. The largest absolute Gasteiger partial charge is 0.496 e. The van der Waals surface area contributed by atoms with Crippen LogP contribution >= 0.6 is 0 Å². The van der Waals surface area contributed by atoms with Crippen molar-refractivity contribution in [2.45, 2.75) is 6.42 Å². The van der Waals surface area contributed by atoms with E-state index in [0.29, 0.717) is 23.7 Å². The van der Waals surface area contributed by atoms with Crippen molar-refractivity contribution in [3.63, 3.8) is 0 Å². The van der Waals surface area contributed by atoms with Crippen LogP contribution < -0.4 is 15.4 Å². The minimum absolute atomic E-state index is 0.211. The molecule has 1 aromatic heterocycles. The molecule has 3 rings (SSSR count). The third-order valence-electron chi connectivity index (χ3n) is 3.84. The van der Waals surface area contributed by atoms with Gasteiger partial charge in [-0.2, -0.15) is 0 Å². The maximum atomic E-state index is 12.1. The molecule has 0 aliphatic carbocycles.